The molecular formula is C10H14FN3. The van der Waals surface area contributed by atoms with Crippen LogP contribution in [0.4, 0.5) is 4.39 Å². The molecule has 1 atom stereocenters. The zero-order chi connectivity index (χ0) is 10.6. The van der Waals surface area contributed by atoms with E-state index in [4.69, 9.17) is 5.73 Å². The SMILES string of the molecule is CN=C(N)NC(C)c1ccc(F)cc1. The maximum atomic E-state index is 12.6. The summed E-state index contributed by atoms with van der Waals surface area (Å²) in [7, 11) is 1.61. The number of hydrogen-bond acceptors (Lipinski definition) is 1. The van der Waals surface area contributed by atoms with E-state index < -0.39 is 0 Å². The normalized spacial score (nSPS) is 13.8. The van der Waals surface area contributed by atoms with E-state index in [0.717, 1.165) is 5.56 Å². The van der Waals surface area contributed by atoms with E-state index in [1.54, 1.807) is 19.2 Å². The molecule has 1 aromatic carbocycles. The predicted molar refractivity (Wildman–Crippen MR) is 55.5 cm³/mol. The second-order valence-corrected chi connectivity index (χ2v) is 3.03. The minimum Gasteiger partial charge on any atom is -0.370 e. The summed E-state index contributed by atoms with van der Waals surface area (Å²) < 4.78 is 12.6. The molecule has 0 heterocycles. The fourth-order valence-electron chi connectivity index (χ4n) is 1.12. The molecule has 0 spiro atoms. The minimum absolute atomic E-state index is 0.0271. The Morgan fingerprint density at radius 2 is 2.00 bits per heavy atom. The highest BCUT2D eigenvalue weighted by Crippen LogP contribution is 2.12. The Morgan fingerprint density at radius 1 is 1.43 bits per heavy atom. The number of aliphatic imine (C=N–C) groups is 1. The fraction of sp³-hybridized carbons (Fsp3) is 0.300. The van der Waals surface area contributed by atoms with Gasteiger partial charge in [-0.05, 0) is 24.6 Å². The van der Waals surface area contributed by atoms with Crippen molar-refractivity contribution in [3.63, 3.8) is 0 Å². The Balaban J connectivity index is 2.70. The van der Waals surface area contributed by atoms with Crippen molar-refractivity contribution in [3.8, 4) is 0 Å². The van der Waals surface area contributed by atoms with Crippen LogP contribution in [0.15, 0.2) is 29.3 Å². The van der Waals surface area contributed by atoms with Crippen LogP contribution in [0, 0.1) is 5.82 Å². The van der Waals surface area contributed by atoms with Gasteiger partial charge in [-0.1, -0.05) is 12.1 Å². The van der Waals surface area contributed by atoms with Gasteiger partial charge >= 0.3 is 0 Å². The first-order valence-electron chi connectivity index (χ1n) is 4.37. The van der Waals surface area contributed by atoms with Crippen molar-refractivity contribution in [1.29, 1.82) is 0 Å². The van der Waals surface area contributed by atoms with Gasteiger partial charge in [0.05, 0.1) is 6.04 Å². The van der Waals surface area contributed by atoms with Crippen LogP contribution < -0.4 is 11.1 Å². The van der Waals surface area contributed by atoms with Gasteiger partial charge in [0, 0.05) is 7.05 Å². The number of nitrogens with two attached hydrogens (primary N) is 1. The number of rotatable bonds is 2. The molecule has 0 saturated carbocycles. The Labute approximate surface area is 82.8 Å². The predicted octanol–water partition coefficient (Wildman–Crippen LogP) is 1.42. The molecular weight excluding hydrogens is 181 g/mol. The topological polar surface area (TPSA) is 50.4 Å². The van der Waals surface area contributed by atoms with Crippen molar-refractivity contribution >= 4 is 5.96 Å². The van der Waals surface area contributed by atoms with Crippen LogP contribution >= 0.6 is 0 Å². The van der Waals surface area contributed by atoms with Gasteiger partial charge in [-0.15, -0.1) is 0 Å². The second-order valence-electron chi connectivity index (χ2n) is 3.03. The van der Waals surface area contributed by atoms with E-state index in [1.807, 2.05) is 6.92 Å². The lowest BCUT2D eigenvalue weighted by Crippen LogP contribution is -2.33. The van der Waals surface area contributed by atoms with E-state index in [-0.39, 0.29) is 11.9 Å². The summed E-state index contributed by atoms with van der Waals surface area (Å²) >= 11 is 0. The second kappa shape index (κ2) is 4.60. The van der Waals surface area contributed by atoms with Gasteiger partial charge in [-0.25, -0.2) is 4.39 Å². The third-order valence-corrected chi connectivity index (χ3v) is 1.98. The van der Waals surface area contributed by atoms with Crippen molar-refractivity contribution in [2.75, 3.05) is 7.05 Å². The van der Waals surface area contributed by atoms with E-state index >= 15 is 0 Å². The lowest BCUT2D eigenvalue weighted by Gasteiger charge is -2.14. The zero-order valence-electron chi connectivity index (χ0n) is 8.29. The van der Waals surface area contributed by atoms with Crippen LogP contribution in [-0.2, 0) is 0 Å². The Morgan fingerprint density at radius 3 is 2.50 bits per heavy atom. The Hall–Kier alpha value is -1.58. The average Bonchev–Trinajstić information content (AvgIpc) is 2.18. The highest BCUT2D eigenvalue weighted by atomic mass is 19.1. The van der Waals surface area contributed by atoms with Gasteiger partial charge in [-0.3, -0.25) is 4.99 Å². The molecule has 3 nitrogen and oxygen atoms in total. The molecule has 4 heteroatoms. The van der Waals surface area contributed by atoms with Crippen LogP contribution in [0.25, 0.3) is 0 Å². The summed E-state index contributed by atoms with van der Waals surface area (Å²) in [5, 5.41) is 2.97. The molecule has 0 aliphatic rings. The van der Waals surface area contributed by atoms with E-state index in [1.165, 1.54) is 12.1 Å². The van der Waals surface area contributed by atoms with Gasteiger partial charge in [0.15, 0.2) is 5.96 Å². The largest absolute Gasteiger partial charge is 0.370 e. The van der Waals surface area contributed by atoms with E-state index in [2.05, 4.69) is 10.3 Å². The lowest BCUT2D eigenvalue weighted by atomic mass is 10.1. The molecule has 76 valence electrons. The summed E-state index contributed by atoms with van der Waals surface area (Å²) in [5.74, 6) is 0.139. The molecule has 0 saturated heterocycles. The average molecular weight is 195 g/mol. The van der Waals surface area contributed by atoms with Crippen LogP contribution in [0.5, 0.6) is 0 Å². The van der Waals surface area contributed by atoms with Crippen LogP contribution in [-0.4, -0.2) is 13.0 Å². The van der Waals surface area contributed by atoms with Gasteiger partial charge in [0.25, 0.3) is 0 Å². The zero-order valence-corrected chi connectivity index (χ0v) is 8.29. The molecule has 0 aliphatic heterocycles. The highest BCUT2D eigenvalue weighted by Gasteiger charge is 2.04. The quantitative estimate of drug-likeness (QED) is 0.554. The standard InChI is InChI=1S/C10H14FN3/c1-7(14-10(12)13-2)8-3-5-9(11)6-4-8/h3-7H,1-2H3,(H3,12,13,14). The third-order valence-electron chi connectivity index (χ3n) is 1.98. The first-order chi connectivity index (χ1) is 6.63. The third kappa shape index (κ3) is 2.73. The number of benzene rings is 1. The molecule has 0 radical (unpaired) electrons. The summed E-state index contributed by atoms with van der Waals surface area (Å²) in [6.07, 6.45) is 0. The molecule has 3 N–H and O–H groups in total. The molecule has 0 fully saturated rings. The molecule has 0 amide bonds. The number of nitrogens with one attached hydrogen (secondary N) is 1. The van der Waals surface area contributed by atoms with Crippen LogP contribution in [0.3, 0.4) is 0 Å². The van der Waals surface area contributed by atoms with Gasteiger partial charge < -0.3 is 11.1 Å². The van der Waals surface area contributed by atoms with Crippen LogP contribution in [0.1, 0.15) is 18.5 Å². The summed E-state index contributed by atoms with van der Waals surface area (Å²) in [4.78, 5) is 3.78. The smallest absolute Gasteiger partial charge is 0.188 e. The molecule has 1 aromatic rings. The monoisotopic (exact) mass is 195 g/mol. The van der Waals surface area contributed by atoms with Crippen molar-refractivity contribution in [1.82, 2.24) is 5.32 Å². The van der Waals surface area contributed by atoms with Crippen LogP contribution in [0.2, 0.25) is 0 Å². The Kier molecular flexibility index (Phi) is 3.45. The minimum atomic E-state index is -0.238. The maximum absolute atomic E-state index is 12.6. The van der Waals surface area contributed by atoms with E-state index in [9.17, 15) is 4.39 Å². The molecule has 1 unspecified atom stereocenters. The number of nitrogens with zero attached hydrogens (tertiary/aromatic N) is 1. The van der Waals surface area contributed by atoms with Crippen molar-refractivity contribution < 1.29 is 4.39 Å². The lowest BCUT2D eigenvalue weighted by molar-refractivity contribution is 0.624. The number of halogens is 1. The van der Waals surface area contributed by atoms with Gasteiger partial charge in [-0.2, -0.15) is 0 Å². The van der Waals surface area contributed by atoms with Crippen molar-refractivity contribution in [2.24, 2.45) is 10.7 Å². The Bertz CT molecular complexity index is 319. The highest BCUT2D eigenvalue weighted by molar-refractivity contribution is 5.78. The van der Waals surface area contributed by atoms with Gasteiger partial charge in [0.1, 0.15) is 5.82 Å². The summed E-state index contributed by atoms with van der Waals surface area (Å²) in [6, 6.07) is 6.31. The molecule has 1 rings (SSSR count). The molecule has 0 aromatic heterocycles. The summed E-state index contributed by atoms with van der Waals surface area (Å²) in [6.45, 7) is 1.94. The number of hydrogen-bond donors (Lipinski definition) is 2. The first kappa shape index (κ1) is 10.5. The first-order valence-corrected chi connectivity index (χ1v) is 4.37. The number of guanidine groups is 1. The molecule has 0 aliphatic carbocycles. The fourth-order valence-corrected chi connectivity index (χ4v) is 1.12. The van der Waals surface area contributed by atoms with Crippen molar-refractivity contribution in [3.05, 3.63) is 35.6 Å². The summed E-state index contributed by atoms with van der Waals surface area (Å²) in [5.41, 5.74) is 6.48. The molecule has 0 bridgehead atoms. The van der Waals surface area contributed by atoms with E-state index in [0.29, 0.717) is 5.96 Å². The maximum Gasteiger partial charge on any atom is 0.188 e. The molecule has 14 heavy (non-hydrogen) atoms. The van der Waals surface area contributed by atoms with Gasteiger partial charge in [0.2, 0.25) is 0 Å². The van der Waals surface area contributed by atoms with Crippen molar-refractivity contribution in [2.45, 2.75) is 13.0 Å².